The second kappa shape index (κ2) is 6.80. The highest BCUT2D eigenvalue weighted by molar-refractivity contribution is 7.92. The topological polar surface area (TPSA) is 96.3 Å². The van der Waals surface area contributed by atoms with Gasteiger partial charge in [0.2, 0.25) is 5.78 Å². The summed E-state index contributed by atoms with van der Waals surface area (Å²) in [4.78, 5) is 12.7. The molecule has 0 spiro atoms. The lowest BCUT2D eigenvalue weighted by atomic mass is 10.0. The number of benzene rings is 2. The number of ether oxygens (including phenoxy) is 1. The van der Waals surface area contributed by atoms with Crippen molar-refractivity contribution in [1.29, 1.82) is 0 Å². The van der Waals surface area contributed by atoms with E-state index in [1.165, 1.54) is 31.4 Å². The van der Waals surface area contributed by atoms with E-state index in [1.54, 1.807) is 18.2 Å². The van der Waals surface area contributed by atoms with Gasteiger partial charge in [-0.1, -0.05) is 22.9 Å². The molecule has 0 unspecified atom stereocenters. The number of Topliss-reactive ketones (excluding diaryl/α,β-unsaturated/α-hetero) is 1. The first-order valence-electron chi connectivity index (χ1n) is 7.91. The molecule has 2 aromatic carbocycles. The van der Waals surface area contributed by atoms with Crippen molar-refractivity contribution in [3.8, 4) is 5.75 Å². The minimum absolute atomic E-state index is 0.00256. The third kappa shape index (κ3) is 3.03. The maximum atomic E-state index is 13.2. The number of methoxy groups -OCH3 is 1. The number of nitrogens with zero attached hydrogens (tertiary/aromatic N) is 2. The van der Waals surface area contributed by atoms with Gasteiger partial charge in [0.1, 0.15) is 11.5 Å². The van der Waals surface area contributed by atoms with Gasteiger partial charge in [0, 0.05) is 24.6 Å². The zero-order valence-electron chi connectivity index (χ0n) is 14.3. The number of sulfonamides is 1. The molecule has 26 heavy (non-hydrogen) atoms. The average Bonchev–Trinajstić information content (AvgIpc) is 2.78. The van der Waals surface area contributed by atoms with Gasteiger partial charge in [0.25, 0.3) is 10.0 Å². The predicted molar refractivity (Wildman–Crippen MR) is 96.9 cm³/mol. The molecule has 1 aliphatic heterocycles. The van der Waals surface area contributed by atoms with Crippen molar-refractivity contribution in [2.75, 3.05) is 18.0 Å². The Kier molecular flexibility index (Phi) is 4.69. The van der Waals surface area contributed by atoms with Crippen molar-refractivity contribution in [3.63, 3.8) is 0 Å². The van der Waals surface area contributed by atoms with Gasteiger partial charge in [-0.05, 0) is 31.2 Å². The SMILES string of the molecule is COc1ccc2c(c1)N(S(=O)(=O)c1ccc(C)cc1)CC/C(=N/O)C2=O. The molecule has 1 N–H and O–H groups in total. The van der Waals surface area contributed by atoms with Crippen molar-refractivity contribution >= 4 is 27.2 Å². The molecule has 2 aromatic rings. The maximum absolute atomic E-state index is 13.2. The number of carbonyl (C=O) groups excluding carboxylic acids is 1. The Labute approximate surface area is 151 Å². The molecule has 0 aromatic heterocycles. The Morgan fingerprint density at radius 1 is 1.15 bits per heavy atom. The molecule has 7 nitrogen and oxygen atoms in total. The summed E-state index contributed by atoms with van der Waals surface area (Å²) in [6, 6.07) is 11.0. The van der Waals surface area contributed by atoms with Crippen LogP contribution in [0.2, 0.25) is 0 Å². The van der Waals surface area contributed by atoms with Crippen LogP contribution in [0.3, 0.4) is 0 Å². The van der Waals surface area contributed by atoms with Crippen molar-refractivity contribution in [1.82, 2.24) is 0 Å². The van der Waals surface area contributed by atoms with E-state index >= 15 is 0 Å². The molecule has 0 fully saturated rings. The largest absolute Gasteiger partial charge is 0.497 e. The molecule has 3 rings (SSSR count). The van der Waals surface area contributed by atoms with Crippen LogP contribution < -0.4 is 9.04 Å². The first-order chi connectivity index (χ1) is 12.4. The highest BCUT2D eigenvalue weighted by Crippen LogP contribution is 2.33. The van der Waals surface area contributed by atoms with E-state index in [9.17, 15) is 13.2 Å². The van der Waals surface area contributed by atoms with Crippen LogP contribution in [-0.2, 0) is 10.0 Å². The van der Waals surface area contributed by atoms with E-state index in [-0.39, 0.29) is 34.8 Å². The molecule has 0 amide bonds. The molecule has 1 heterocycles. The van der Waals surface area contributed by atoms with Crippen LogP contribution in [-0.4, -0.2) is 38.8 Å². The van der Waals surface area contributed by atoms with Crippen molar-refractivity contribution < 1.29 is 23.2 Å². The van der Waals surface area contributed by atoms with Gasteiger partial charge in [-0.2, -0.15) is 0 Å². The maximum Gasteiger partial charge on any atom is 0.264 e. The lowest BCUT2D eigenvalue weighted by Gasteiger charge is -2.24. The summed E-state index contributed by atoms with van der Waals surface area (Å²) in [5, 5.41) is 12.2. The lowest BCUT2D eigenvalue weighted by molar-refractivity contribution is 0.106. The molecular weight excluding hydrogens is 356 g/mol. The van der Waals surface area contributed by atoms with Gasteiger partial charge in [-0.3, -0.25) is 9.10 Å². The van der Waals surface area contributed by atoms with Crippen LogP contribution >= 0.6 is 0 Å². The molecule has 136 valence electrons. The summed E-state index contributed by atoms with van der Waals surface area (Å²) in [7, 11) is -2.45. The second-order valence-electron chi connectivity index (χ2n) is 5.90. The minimum Gasteiger partial charge on any atom is -0.497 e. The normalized spacial score (nSPS) is 16.3. The highest BCUT2D eigenvalue weighted by Gasteiger charge is 2.33. The molecule has 0 bridgehead atoms. The minimum atomic E-state index is -3.91. The Balaban J connectivity index is 2.20. The van der Waals surface area contributed by atoms with Crippen LogP contribution in [0, 0.1) is 6.92 Å². The predicted octanol–water partition coefficient (Wildman–Crippen LogP) is 2.62. The lowest BCUT2D eigenvalue weighted by Crippen LogP contribution is -2.32. The van der Waals surface area contributed by atoms with Crippen molar-refractivity contribution in [2.24, 2.45) is 5.16 Å². The summed E-state index contributed by atoms with van der Waals surface area (Å²) >= 11 is 0. The number of ketones is 1. The van der Waals surface area contributed by atoms with Gasteiger partial charge in [-0.25, -0.2) is 8.42 Å². The van der Waals surface area contributed by atoms with Gasteiger partial charge in [-0.15, -0.1) is 0 Å². The van der Waals surface area contributed by atoms with E-state index in [2.05, 4.69) is 5.16 Å². The van der Waals surface area contributed by atoms with Crippen LogP contribution in [0.15, 0.2) is 52.5 Å². The van der Waals surface area contributed by atoms with Crippen LogP contribution in [0.1, 0.15) is 22.3 Å². The number of anilines is 1. The Bertz CT molecular complexity index is 981. The number of hydrogen-bond acceptors (Lipinski definition) is 6. The van der Waals surface area contributed by atoms with Crippen LogP contribution in [0.25, 0.3) is 0 Å². The summed E-state index contributed by atoms with van der Waals surface area (Å²) in [6.45, 7) is 1.84. The first kappa shape index (κ1) is 17.9. The Hall–Kier alpha value is -2.87. The summed E-state index contributed by atoms with van der Waals surface area (Å²) in [6.07, 6.45) is -0.00256. The fourth-order valence-corrected chi connectivity index (χ4v) is 4.29. The van der Waals surface area contributed by atoms with Crippen molar-refractivity contribution in [2.45, 2.75) is 18.2 Å². The number of carbonyl (C=O) groups is 1. The second-order valence-corrected chi connectivity index (χ2v) is 7.76. The number of aryl methyl sites for hydroxylation is 1. The van der Waals surface area contributed by atoms with E-state index in [0.717, 1.165) is 9.87 Å². The van der Waals surface area contributed by atoms with Gasteiger partial charge >= 0.3 is 0 Å². The molecule has 0 atom stereocenters. The fraction of sp³-hybridized carbons (Fsp3) is 0.222. The Morgan fingerprint density at radius 2 is 1.85 bits per heavy atom. The van der Waals surface area contributed by atoms with Gasteiger partial charge < -0.3 is 9.94 Å². The molecule has 1 aliphatic rings. The highest BCUT2D eigenvalue weighted by atomic mass is 32.2. The van der Waals surface area contributed by atoms with E-state index < -0.39 is 15.8 Å². The molecular formula is C18H18N2O5S. The van der Waals surface area contributed by atoms with Crippen molar-refractivity contribution in [3.05, 3.63) is 53.6 Å². The molecule has 0 aliphatic carbocycles. The first-order valence-corrected chi connectivity index (χ1v) is 9.35. The smallest absolute Gasteiger partial charge is 0.264 e. The van der Waals surface area contributed by atoms with E-state index in [4.69, 9.17) is 9.94 Å². The molecule has 0 radical (unpaired) electrons. The number of rotatable bonds is 3. The average molecular weight is 374 g/mol. The zero-order valence-corrected chi connectivity index (χ0v) is 15.2. The van der Waals surface area contributed by atoms with Gasteiger partial charge in [0.05, 0.1) is 17.7 Å². The molecule has 0 saturated carbocycles. The number of fused-ring (bicyclic) bond motifs is 1. The third-order valence-corrected chi connectivity index (χ3v) is 6.09. The quantitative estimate of drug-likeness (QED) is 0.658. The van der Waals surface area contributed by atoms with Gasteiger partial charge in [0.15, 0.2) is 0 Å². The Morgan fingerprint density at radius 3 is 2.46 bits per heavy atom. The summed E-state index contributed by atoms with van der Waals surface area (Å²) < 4.78 is 32.7. The molecule has 0 saturated heterocycles. The van der Waals surface area contributed by atoms with Crippen LogP contribution in [0.5, 0.6) is 5.75 Å². The standard InChI is InChI=1S/C18H18N2O5S/c1-12-3-6-14(7-4-12)26(23,24)20-10-9-16(19-22)18(21)15-8-5-13(25-2)11-17(15)20/h3-8,11,22H,9-10H2,1-2H3/b19-16-. The number of oxime groups is 1. The monoisotopic (exact) mass is 374 g/mol. The third-order valence-electron chi connectivity index (χ3n) is 4.26. The fourth-order valence-electron chi connectivity index (χ4n) is 2.82. The summed E-state index contributed by atoms with van der Waals surface area (Å²) in [5.74, 6) is -0.0863. The van der Waals surface area contributed by atoms with E-state index in [1.807, 2.05) is 6.92 Å². The van der Waals surface area contributed by atoms with Crippen LogP contribution in [0.4, 0.5) is 5.69 Å². The number of hydrogen-bond donors (Lipinski definition) is 1. The van der Waals surface area contributed by atoms with E-state index in [0.29, 0.717) is 5.75 Å². The molecule has 8 heteroatoms. The summed E-state index contributed by atoms with van der Waals surface area (Å²) in [5.41, 5.74) is 1.20. The zero-order chi connectivity index (χ0) is 18.9.